The number of benzene rings is 2. The number of amides is 1. The zero-order chi connectivity index (χ0) is 25.2. The van der Waals surface area contributed by atoms with E-state index < -0.39 is 40.6 Å². The molecule has 0 aliphatic rings. The minimum atomic E-state index is -4.03. The van der Waals surface area contributed by atoms with Gasteiger partial charge in [0.2, 0.25) is 10.0 Å². The number of hydrogen-bond donors (Lipinski definition) is 2. The number of furan rings is 1. The van der Waals surface area contributed by atoms with Crippen molar-refractivity contribution >= 4 is 38.7 Å². The highest BCUT2D eigenvalue weighted by Gasteiger charge is 2.28. The highest BCUT2D eigenvalue weighted by atomic mass is 32.2. The van der Waals surface area contributed by atoms with Crippen molar-refractivity contribution in [1.29, 1.82) is 0 Å². The number of carbonyl (C=O) groups is 2. The van der Waals surface area contributed by atoms with Gasteiger partial charge in [-0.15, -0.1) is 0 Å². The van der Waals surface area contributed by atoms with E-state index in [1.165, 1.54) is 43.4 Å². The Morgan fingerprint density at radius 1 is 1.21 bits per heavy atom. The van der Waals surface area contributed by atoms with Crippen LogP contribution in [0, 0.1) is 5.82 Å². The molecule has 0 fully saturated rings. The Morgan fingerprint density at radius 3 is 2.38 bits per heavy atom. The van der Waals surface area contributed by atoms with Gasteiger partial charge in [0.15, 0.2) is 11.5 Å². The molecule has 0 spiro atoms. The number of nitrogens with one attached hydrogen (secondary N) is 1. The Labute approximate surface area is 194 Å². The lowest BCUT2D eigenvalue weighted by Crippen LogP contribution is -2.35. The maximum absolute atomic E-state index is 13.5. The van der Waals surface area contributed by atoms with Gasteiger partial charge in [0, 0.05) is 18.7 Å². The first-order chi connectivity index (χ1) is 15.9. The predicted molar refractivity (Wildman–Crippen MR) is 122 cm³/mol. The summed E-state index contributed by atoms with van der Waals surface area (Å²) in [5, 5.41) is 11.9. The molecular formula is C22H23FN2O8S. The Morgan fingerprint density at radius 2 is 1.85 bits per heavy atom. The molecule has 1 amide bonds. The summed E-state index contributed by atoms with van der Waals surface area (Å²) >= 11 is 0. The molecule has 10 nitrogen and oxygen atoms in total. The van der Waals surface area contributed by atoms with Gasteiger partial charge in [-0.2, -0.15) is 0 Å². The number of halogens is 1. The second-order valence-corrected chi connectivity index (χ2v) is 9.46. The fourth-order valence-corrected chi connectivity index (χ4v) is 4.02. The number of carboxylic acids is 1. The van der Waals surface area contributed by atoms with Crippen molar-refractivity contribution in [2.45, 2.75) is 20.0 Å². The molecule has 0 aliphatic heterocycles. The van der Waals surface area contributed by atoms with Crippen molar-refractivity contribution < 1.29 is 41.4 Å². The Kier molecular flexibility index (Phi) is 7.01. The summed E-state index contributed by atoms with van der Waals surface area (Å²) in [6, 6.07) is 7.93. The Balaban J connectivity index is 2.34. The van der Waals surface area contributed by atoms with Crippen molar-refractivity contribution in [3.63, 3.8) is 0 Å². The summed E-state index contributed by atoms with van der Waals surface area (Å²) in [6.07, 6.45) is -0.342. The van der Waals surface area contributed by atoms with Gasteiger partial charge in [-0.25, -0.2) is 17.6 Å². The molecule has 0 saturated heterocycles. The molecule has 3 aromatic rings. The van der Waals surface area contributed by atoms with Crippen LogP contribution in [0.4, 0.5) is 14.9 Å². The first-order valence-electron chi connectivity index (χ1n) is 10.0. The SMILES string of the molecule is CNC(=O)Oc1c(-c2ccc(F)cc2)oc2cc(N(CC(=O)O)S(C)(=O)=O)c(OC(C)C)cc12. The van der Waals surface area contributed by atoms with Crippen molar-refractivity contribution in [1.82, 2.24) is 5.32 Å². The molecule has 0 bridgehead atoms. The van der Waals surface area contributed by atoms with Gasteiger partial charge < -0.3 is 24.3 Å². The molecular weight excluding hydrogens is 471 g/mol. The van der Waals surface area contributed by atoms with Crippen molar-refractivity contribution in [2.24, 2.45) is 0 Å². The molecule has 0 saturated carbocycles. The average molecular weight is 494 g/mol. The minimum absolute atomic E-state index is 0.00902. The number of aliphatic carboxylic acids is 1. The number of anilines is 1. The van der Waals surface area contributed by atoms with Crippen LogP contribution in [0.15, 0.2) is 40.8 Å². The Bertz CT molecular complexity index is 1330. The van der Waals surface area contributed by atoms with Crippen LogP contribution in [-0.4, -0.2) is 51.5 Å². The molecule has 34 heavy (non-hydrogen) atoms. The first-order valence-corrected chi connectivity index (χ1v) is 11.9. The standard InChI is InChI=1S/C22H23FN2O8S/c1-12(2)31-18-9-15-17(10-16(18)25(11-19(26)27)34(4,29)30)32-20(21(15)33-22(28)24-3)13-5-7-14(23)8-6-13/h5-10,12H,11H2,1-4H3,(H,24,28)(H,26,27). The zero-order valence-electron chi connectivity index (χ0n) is 18.8. The fraction of sp³-hybridized carbons (Fsp3) is 0.273. The molecule has 3 rings (SSSR count). The molecule has 0 aliphatic carbocycles. The predicted octanol–water partition coefficient (Wildman–Crippen LogP) is 3.59. The van der Waals surface area contributed by atoms with E-state index in [0.717, 1.165) is 6.26 Å². The molecule has 182 valence electrons. The van der Waals surface area contributed by atoms with Gasteiger partial charge in [0.25, 0.3) is 0 Å². The van der Waals surface area contributed by atoms with Gasteiger partial charge in [-0.05, 0) is 44.2 Å². The largest absolute Gasteiger partial charge is 0.489 e. The third-order valence-electron chi connectivity index (χ3n) is 4.54. The first kappa shape index (κ1) is 24.8. The molecule has 12 heteroatoms. The van der Waals surface area contributed by atoms with E-state index in [4.69, 9.17) is 13.9 Å². The summed E-state index contributed by atoms with van der Waals surface area (Å²) in [5.74, 6) is -1.76. The number of carboxylic acid groups (broad SMARTS) is 1. The number of sulfonamides is 1. The molecule has 2 N–H and O–H groups in total. The van der Waals surface area contributed by atoms with E-state index in [-0.39, 0.29) is 33.9 Å². The minimum Gasteiger partial charge on any atom is -0.489 e. The summed E-state index contributed by atoms with van der Waals surface area (Å²) in [4.78, 5) is 23.4. The lowest BCUT2D eigenvalue weighted by molar-refractivity contribution is -0.135. The number of rotatable bonds is 8. The smallest absolute Gasteiger partial charge is 0.412 e. The van der Waals surface area contributed by atoms with Gasteiger partial charge in [0.05, 0.1) is 23.4 Å². The third-order valence-corrected chi connectivity index (χ3v) is 5.67. The summed E-state index contributed by atoms with van der Waals surface area (Å²) in [7, 11) is -2.66. The highest BCUT2D eigenvalue weighted by Crippen LogP contribution is 2.45. The van der Waals surface area contributed by atoms with Crippen LogP contribution in [0.3, 0.4) is 0 Å². The maximum atomic E-state index is 13.5. The zero-order valence-corrected chi connectivity index (χ0v) is 19.6. The van der Waals surface area contributed by atoms with Gasteiger partial charge in [0.1, 0.15) is 23.7 Å². The van der Waals surface area contributed by atoms with E-state index in [1.807, 2.05) is 0 Å². The van der Waals surface area contributed by atoms with Crippen molar-refractivity contribution in [3.8, 4) is 22.8 Å². The Hall–Kier alpha value is -3.80. The lowest BCUT2D eigenvalue weighted by Gasteiger charge is -2.24. The van der Waals surface area contributed by atoms with Crippen LogP contribution in [0.2, 0.25) is 0 Å². The summed E-state index contributed by atoms with van der Waals surface area (Å²) < 4.78 is 56.0. The molecule has 1 heterocycles. The van der Waals surface area contributed by atoms with Crippen LogP contribution in [0.5, 0.6) is 11.5 Å². The lowest BCUT2D eigenvalue weighted by atomic mass is 10.1. The van der Waals surface area contributed by atoms with Crippen LogP contribution < -0.4 is 19.1 Å². The van der Waals surface area contributed by atoms with Gasteiger partial charge in [-0.3, -0.25) is 9.10 Å². The maximum Gasteiger partial charge on any atom is 0.412 e. The van der Waals surface area contributed by atoms with Crippen LogP contribution >= 0.6 is 0 Å². The van der Waals surface area contributed by atoms with E-state index in [9.17, 15) is 27.5 Å². The number of nitrogens with zero attached hydrogens (tertiary/aromatic N) is 1. The topological polar surface area (TPSA) is 135 Å². The van der Waals surface area contributed by atoms with Crippen LogP contribution in [0.1, 0.15) is 13.8 Å². The van der Waals surface area contributed by atoms with Gasteiger partial charge in [-0.1, -0.05) is 0 Å². The van der Waals surface area contributed by atoms with Crippen molar-refractivity contribution in [3.05, 3.63) is 42.2 Å². The van der Waals surface area contributed by atoms with E-state index in [2.05, 4.69) is 5.32 Å². The normalized spacial score (nSPS) is 11.5. The molecule has 1 aromatic heterocycles. The second-order valence-electron chi connectivity index (χ2n) is 7.55. The number of carbonyl (C=O) groups excluding carboxylic acids is 1. The number of fused-ring (bicyclic) bond motifs is 1. The van der Waals surface area contributed by atoms with Crippen molar-refractivity contribution in [2.75, 3.05) is 24.2 Å². The number of hydrogen-bond acceptors (Lipinski definition) is 7. The third kappa shape index (κ3) is 5.39. The van der Waals surface area contributed by atoms with E-state index >= 15 is 0 Å². The highest BCUT2D eigenvalue weighted by molar-refractivity contribution is 7.92. The van der Waals surface area contributed by atoms with Crippen LogP contribution in [0.25, 0.3) is 22.3 Å². The van der Waals surface area contributed by atoms with Gasteiger partial charge >= 0.3 is 12.1 Å². The monoisotopic (exact) mass is 494 g/mol. The summed E-state index contributed by atoms with van der Waals surface area (Å²) in [5.41, 5.74) is 0.398. The van der Waals surface area contributed by atoms with E-state index in [0.29, 0.717) is 9.87 Å². The molecule has 0 atom stereocenters. The van der Waals surface area contributed by atoms with E-state index in [1.54, 1.807) is 13.8 Å². The number of ether oxygens (including phenoxy) is 2. The fourth-order valence-electron chi connectivity index (χ4n) is 3.17. The molecule has 0 unspecified atom stereocenters. The molecule has 2 aromatic carbocycles. The average Bonchev–Trinajstić information content (AvgIpc) is 3.08. The summed E-state index contributed by atoms with van der Waals surface area (Å²) in [6.45, 7) is 2.56. The van der Waals surface area contributed by atoms with Crippen LogP contribution in [-0.2, 0) is 14.8 Å². The second kappa shape index (κ2) is 9.59. The quantitative estimate of drug-likeness (QED) is 0.485. The molecule has 0 radical (unpaired) electrons.